The fourth-order valence-corrected chi connectivity index (χ4v) is 4.76. The van der Waals surface area contributed by atoms with Crippen LogP contribution in [0.5, 0.6) is 0 Å². The minimum atomic E-state index is -0.948. The summed E-state index contributed by atoms with van der Waals surface area (Å²) < 4.78 is 2.40. The second kappa shape index (κ2) is 8.91. The number of hydrogen-bond acceptors (Lipinski definition) is 5. The standard InChI is InChI=1S/C19H23N3O4S2/c1-20-9-4-6-13(20)12-15-17(24)22(19(27)28-15)11-5-8-16(23)21-10-3-2-7-14(21)18(25)26/h4,6,9,12,14H,2-3,5,7-8,10-11H2,1H3,(H,25,26). The average Bonchev–Trinajstić information content (AvgIpc) is 3.19. The van der Waals surface area contributed by atoms with Crippen LogP contribution in [0.15, 0.2) is 23.2 Å². The number of amides is 2. The molecule has 150 valence electrons. The second-order valence-electron chi connectivity index (χ2n) is 6.92. The summed E-state index contributed by atoms with van der Waals surface area (Å²) in [7, 11) is 1.91. The van der Waals surface area contributed by atoms with Gasteiger partial charge in [-0.25, -0.2) is 4.79 Å². The van der Waals surface area contributed by atoms with Crippen molar-refractivity contribution < 1.29 is 19.5 Å². The quantitative estimate of drug-likeness (QED) is 0.561. The molecule has 3 rings (SSSR count). The summed E-state index contributed by atoms with van der Waals surface area (Å²) in [6, 6.07) is 3.09. The van der Waals surface area contributed by atoms with Gasteiger partial charge in [0.25, 0.3) is 5.91 Å². The molecule has 28 heavy (non-hydrogen) atoms. The van der Waals surface area contributed by atoms with Gasteiger partial charge >= 0.3 is 5.97 Å². The van der Waals surface area contributed by atoms with Crippen molar-refractivity contribution in [3.63, 3.8) is 0 Å². The molecule has 9 heteroatoms. The largest absolute Gasteiger partial charge is 0.480 e. The number of likely N-dealkylation sites (tertiary alicyclic amines) is 1. The lowest BCUT2D eigenvalue weighted by atomic mass is 10.0. The summed E-state index contributed by atoms with van der Waals surface area (Å²) >= 11 is 6.59. The Morgan fingerprint density at radius 2 is 2.18 bits per heavy atom. The van der Waals surface area contributed by atoms with Crippen LogP contribution in [0, 0.1) is 0 Å². The van der Waals surface area contributed by atoms with E-state index in [1.54, 1.807) is 0 Å². The van der Waals surface area contributed by atoms with Crippen LogP contribution >= 0.6 is 24.0 Å². The third-order valence-corrected chi connectivity index (χ3v) is 6.39. The molecular formula is C19H23N3O4S2. The number of carboxylic acids is 1. The maximum absolute atomic E-state index is 12.6. The van der Waals surface area contributed by atoms with Crippen LogP contribution in [0.2, 0.25) is 0 Å². The molecule has 0 aromatic carbocycles. The summed E-state index contributed by atoms with van der Waals surface area (Å²) in [5.41, 5.74) is 0.917. The molecular weight excluding hydrogens is 398 g/mol. The fraction of sp³-hybridized carbons (Fsp3) is 0.474. The summed E-state index contributed by atoms with van der Waals surface area (Å²) in [6.07, 6.45) is 6.53. The Labute approximate surface area is 173 Å². The van der Waals surface area contributed by atoms with Crippen LogP contribution in [0.3, 0.4) is 0 Å². The van der Waals surface area contributed by atoms with E-state index in [4.69, 9.17) is 12.2 Å². The molecule has 1 aromatic rings. The first kappa shape index (κ1) is 20.6. The van der Waals surface area contributed by atoms with E-state index in [0.717, 1.165) is 18.5 Å². The lowest BCUT2D eigenvalue weighted by Gasteiger charge is -2.33. The third kappa shape index (κ3) is 4.47. The average molecular weight is 422 g/mol. The fourth-order valence-electron chi connectivity index (χ4n) is 3.47. The first-order chi connectivity index (χ1) is 13.4. The molecule has 0 spiro atoms. The number of aliphatic carboxylic acids is 1. The van der Waals surface area contributed by atoms with Crippen LogP contribution in [-0.4, -0.2) is 60.7 Å². The van der Waals surface area contributed by atoms with Gasteiger partial charge < -0.3 is 14.6 Å². The van der Waals surface area contributed by atoms with E-state index in [2.05, 4.69) is 0 Å². The highest BCUT2D eigenvalue weighted by molar-refractivity contribution is 8.26. The van der Waals surface area contributed by atoms with Gasteiger partial charge in [0.05, 0.1) is 4.91 Å². The summed E-state index contributed by atoms with van der Waals surface area (Å²) in [5.74, 6) is -1.27. The molecule has 7 nitrogen and oxygen atoms in total. The number of rotatable bonds is 6. The monoisotopic (exact) mass is 421 g/mol. The number of carbonyl (C=O) groups excluding carboxylic acids is 2. The van der Waals surface area contributed by atoms with Gasteiger partial charge in [-0.2, -0.15) is 0 Å². The van der Waals surface area contributed by atoms with E-state index < -0.39 is 12.0 Å². The number of carboxylic acid groups (broad SMARTS) is 1. The van der Waals surface area contributed by atoms with Gasteiger partial charge in [-0.15, -0.1) is 0 Å². The predicted octanol–water partition coefficient (Wildman–Crippen LogP) is 2.47. The van der Waals surface area contributed by atoms with Crippen LogP contribution in [0.1, 0.15) is 37.8 Å². The summed E-state index contributed by atoms with van der Waals surface area (Å²) in [4.78, 5) is 40.0. The Morgan fingerprint density at radius 3 is 2.86 bits per heavy atom. The smallest absolute Gasteiger partial charge is 0.326 e. The number of piperidine rings is 1. The van der Waals surface area contributed by atoms with Crippen molar-refractivity contribution in [3.05, 3.63) is 28.9 Å². The Kier molecular flexibility index (Phi) is 6.56. The molecule has 1 N–H and O–H groups in total. The molecule has 1 aromatic heterocycles. The van der Waals surface area contributed by atoms with Gasteiger partial charge in [0.2, 0.25) is 5.91 Å². The lowest BCUT2D eigenvalue weighted by molar-refractivity contribution is -0.152. The highest BCUT2D eigenvalue weighted by Gasteiger charge is 2.34. The van der Waals surface area contributed by atoms with Crippen molar-refractivity contribution in [3.8, 4) is 0 Å². The Hall–Kier alpha value is -2.13. The topological polar surface area (TPSA) is 82.8 Å². The zero-order chi connectivity index (χ0) is 20.3. The van der Waals surface area contributed by atoms with Gasteiger partial charge in [-0.3, -0.25) is 14.5 Å². The van der Waals surface area contributed by atoms with Gasteiger partial charge in [-0.1, -0.05) is 24.0 Å². The summed E-state index contributed by atoms with van der Waals surface area (Å²) in [6.45, 7) is 0.836. The minimum absolute atomic E-state index is 0.148. The van der Waals surface area contributed by atoms with Crippen molar-refractivity contribution in [2.75, 3.05) is 13.1 Å². The van der Waals surface area contributed by atoms with E-state index in [1.807, 2.05) is 36.0 Å². The van der Waals surface area contributed by atoms with Crippen molar-refractivity contribution in [1.82, 2.24) is 14.4 Å². The van der Waals surface area contributed by atoms with Gasteiger partial charge in [-0.05, 0) is 43.9 Å². The van der Waals surface area contributed by atoms with Gasteiger partial charge in [0, 0.05) is 38.4 Å². The van der Waals surface area contributed by atoms with Crippen LogP contribution in [0.4, 0.5) is 0 Å². The molecule has 1 unspecified atom stereocenters. The molecule has 3 heterocycles. The Balaban J connectivity index is 1.56. The zero-order valence-electron chi connectivity index (χ0n) is 15.7. The summed E-state index contributed by atoms with van der Waals surface area (Å²) in [5, 5.41) is 9.30. The molecule has 0 bridgehead atoms. The highest BCUT2D eigenvalue weighted by Crippen LogP contribution is 2.32. The second-order valence-corrected chi connectivity index (χ2v) is 8.59. The maximum atomic E-state index is 12.6. The molecule has 2 amide bonds. The number of aryl methyl sites for hydroxylation is 1. The maximum Gasteiger partial charge on any atom is 0.326 e. The minimum Gasteiger partial charge on any atom is -0.480 e. The highest BCUT2D eigenvalue weighted by atomic mass is 32.2. The molecule has 2 aliphatic rings. The van der Waals surface area contributed by atoms with E-state index in [9.17, 15) is 19.5 Å². The normalized spacial score (nSPS) is 21.6. The van der Waals surface area contributed by atoms with E-state index in [-0.39, 0.29) is 18.2 Å². The van der Waals surface area contributed by atoms with E-state index in [0.29, 0.717) is 35.2 Å². The molecule has 2 aliphatic heterocycles. The molecule has 2 fully saturated rings. The molecule has 0 saturated carbocycles. The van der Waals surface area contributed by atoms with E-state index in [1.165, 1.54) is 21.6 Å². The first-order valence-electron chi connectivity index (χ1n) is 9.27. The molecule has 0 aliphatic carbocycles. The van der Waals surface area contributed by atoms with Crippen molar-refractivity contribution in [2.45, 2.75) is 38.1 Å². The number of aromatic nitrogens is 1. The van der Waals surface area contributed by atoms with Crippen LogP contribution in [0.25, 0.3) is 6.08 Å². The number of hydrogen-bond donors (Lipinski definition) is 1. The third-order valence-electron chi connectivity index (χ3n) is 5.02. The predicted molar refractivity (Wildman–Crippen MR) is 112 cm³/mol. The van der Waals surface area contributed by atoms with Crippen molar-refractivity contribution >= 4 is 52.2 Å². The van der Waals surface area contributed by atoms with Crippen molar-refractivity contribution in [2.24, 2.45) is 7.05 Å². The molecule has 0 radical (unpaired) electrons. The first-order valence-corrected chi connectivity index (χ1v) is 10.5. The molecule has 2 saturated heterocycles. The number of nitrogens with zero attached hydrogens (tertiary/aromatic N) is 3. The van der Waals surface area contributed by atoms with E-state index >= 15 is 0 Å². The van der Waals surface area contributed by atoms with Crippen molar-refractivity contribution in [1.29, 1.82) is 0 Å². The van der Waals surface area contributed by atoms with Crippen LogP contribution in [-0.2, 0) is 21.4 Å². The lowest BCUT2D eigenvalue weighted by Crippen LogP contribution is -2.48. The number of carbonyl (C=O) groups is 3. The SMILES string of the molecule is Cn1cccc1C=C1SC(=S)N(CCCC(=O)N2CCCCC2C(=O)O)C1=O. The Bertz CT molecular complexity index is 833. The number of thiocarbonyl (C=S) groups is 1. The van der Waals surface area contributed by atoms with Gasteiger partial charge in [0.15, 0.2) is 0 Å². The van der Waals surface area contributed by atoms with Crippen LogP contribution < -0.4 is 0 Å². The number of thioether (sulfide) groups is 1. The molecule has 1 atom stereocenters. The van der Waals surface area contributed by atoms with Gasteiger partial charge in [0.1, 0.15) is 10.4 Å². The zero-order valence-corrected chi connectivity index (χ0v) is 17.3. The Morgan fingerprint density at radius 1 is 1.39 bits per heavy atom.